The number of ether oxygens (including phenoxy) is 4. The van der Waals surface area contributed by atoms with Gasteiger partial charge in [0.25, 0.3) is 5.91 Å². The number of para-hydroxylation sites is 2. The molecule has 0 saturated carbocycles. The first-order chi connectivity index (χ1) is 16.4. The number of carbonyl (C=O) groups excluding carboxylic acids is 1. The average Bonchev–Trinajstić information content (AvgIpc) is 2.83. The number of nitrogens with zero attached hydrogens (tertiary/aromatic N) is 1. The van der Waals surface area contributed by atoms with Gasteiger partial charge in [-0.2, -0.15) is 5.10 Å². The van der Waals surface area contributed by atoms with Crippen molar-refractivity contribution in [2.24, 2.45) is 5.10 Å². The third-order valence-electron chi connectivity index (χ3n) is 4.47. The lowest BCUT2D eigenvalue weighted by molar-refractivity contribution is -0.123. The number of amides is 1. The monoisotopic (exact) mass is 566 g/mol. The minimum absolute atomic E-state index is 0.217. The van der Waals surface area contributed by atoms with E-state index in [0.717, 1.165) is 5.56 Å². The summed E-state index contributed by atoms with van der Waals surface area (Å²) in [6.45, 7) is 0.00538. The van der Waals surface area contributed by atoms with Crippen LogP contribution in [0.3, 0.4) is 0 Å². The molecule has 34 heavy (non-hydrogen) atoms. The summed E-state index contributed by atoms with van der Waals surface area (Å²) in [6.07, 6.45) is 1.48. The van der Waals surface area contributed by atoms with Gasteiger partial charge in [-0.3, -0.25) is 4.79 Å². The fourth-order valence-corrected chi connectivity index (χ4v) is 3.87. The lowest BCUT2D eigenvalue weighted by atomic mass is 10.2. The van der Waals surface area contributed by atoms with Crippen molar-refractivity contribution < 1.29 is 23.7 Å². The van der Waals surface area contributed by atoms with Gasteiger partial charge < -0.3 is 18.9 Å². The first-order valence-electron chi connectivity index (χ1n) is 9.93. The van der Waals surface area contributed by atoms with Crippen LogP contribution in [0, 0.1) is 0 Å². The highest BCUT2D eigenvalue weighted by molar-refractivity contribution is 9.10. The number of hydrogen-bond acceptors (Lipinski definition) is 6. The molecule has 3 aromatic rings. The number of nitrogens with one attached hydrogen (secondary N) is 1. The molecule has 178 valence electrons. The number of halogens is 3. The summed E-state index contributed by atoms with van der Waals surface area (Å²) < 4.78 is 22.7. The van der Waals surface area contributed by atoms with Crippen molar-refractivity contribution in [1.29, 1.82) is 0 Å². The quantitative estimate of drug-likeness (QED) is 0.244. The maximum atomic E-state index is 12.1. The maximum absolute atomic E-state index is 12.1. The molecule has 0 spiro atoms. The van der Waals surface area contributed by atoms with E-state index in [0.29, 0.717) is 43.1 Å². The number of hydrazone groups is 1. The Morgan fingerprint density at radius 2 is 1.74 bits per heavy atom. The summed E-state index contributed by atoms with van der Waals surface area (Å²) >= 11 is 15.6. The van der Waals surface area contributed by atoms with Crippen molar-refractivity contribution in [3.8, 4) is 23.0 Å². The number of hydrogen-bond donors (Lipinski definition) is 1. The lowest BCUT2D eigenvalue weighted by Gasteiger charge is -2.14. The summed E-state index contributed by atoms with van der Waals surface area (Å²) in [4.78, 5) is 12.1. The van der Waals surface area contributed by atoms with Gasteiger partial charge in [-0.15, -0.1) is 0 Å². The summed E-state index contributed by atoms with van der Waals surface area (Å²) in [5, 5.41) is 5.03. The Hall–Kier alpha value is -2.94. The van der Waals surface area contributed by atoms with E-state index in [9.17, 15) is 4.79 Å². The minimum atomic E-state index is -0.423. The van der Waals surface area contributed by atoms with E-state index in [1.54, 1.807) is 48.5 Å². The van der Waals surface area contributed by atoms with Crippen molar-refractivity contribution in [2.45, 2.75) is 6.61 Å². The molecule has 0 heterocycles. The smallest absolute Gasteiger partial charge is 0.277 e. The van der Waals surface area contributed by atoms with E-state index in [2.05, 4.69) is 26.5 Å². The lowest BCUT2D eigenvalue weighted by Crippen LogP contribution is -2.24. The van der Waals surface area contributed by atoms with Crippen LogP contribution < -0.4 is 24.4 Å². The zero-order valence-electron chi connectivity index (χ0n) is 18.3. The van der Waals surface area contributed by atoms with Crippen LogP contribution in [0.4, 0.5) is 0 Å². The normalized spacial score (nSPS) is 10.7. The van der Waals surface area contributed by atoms with Crippen LogP contribution in [0.25, 0.3) is 0 Å². The van der Waals surface area contributed by atoms with Gasteiger partial charge >= 0.3 is 0 Å². The Bertz CT molecular complexity index is 1190. The second kappa shape index (κ2) is 12.5. The molecule has 1 amide bonds. The second-order valence-electron chi connectivity index (χ2n) is 6.79. The van der Waals surface area contributed by atoms with Gasteiger partial charge in [-0.1, -0.05) is 41.4 Å². The third-order valence-corrected chi connectivity index (χ3v) is 5.65. The van der Waals surface area contributed by atoms with E-state index >= 15 is 0 Å². The molecular weight excluding hydrogens is 547 g/mol. The Morgan fingerprint density at radius 1 is 1.00 bits per heavy atom. The molecular formula is C24H21BrCl2N2O5. The highest BCUT2D eigenvalue weighted by Crippen LogP contribution is 2.37. The summed E-state index contributed by atoms with van der Waals surface area (Å²) in [5.74, 6) is 1.56. The van der Waals surface area contributed by atoms with Gasteiger partial charge in [0.15, 0.2) is 29.6 Å². The fourth-order valence-electron chi connectivity index (χ4n) is 2.84. The van der Waals surface area contributed by atoms with Crippen LogP contribution in [0.5, 0.6) is 23.0 Å². The molecule has 3 rings (SSSR count). The molecule has 0 aliphatic carbocycles. The largest absolute Gasteiger partial charge is 0.493 e. The Kier molecular flexibility index (Phi) is 9.44. The number of carbonyl (C=O) groups is 1. The van der Waals surface area contributed by atoms with Gasteiger partial charge in [0.05, 0.1) is 24.9 Å². The van der Waals surface area contributed by atoms with Crippen LogP contribution in [0.2, 0.25) is 10.0 Å². The van der Waals surface area contributed by atoms with E-state index in [4.69, 9.17) is 42.1 Å². The predicted molar refractivity (Wildman–Crippen MR) is 136 cm³/mol. The Morgan fingerprint density at radius 3 is 2.44 bits per heavy atom. The highest BCUT2D eigenvalue weighted by Gasteiger charge is 2.13. The zero-order valence-corrected chi connectivity index (χ0v) is 21.4. The Balaban J connectivity index is 1.60. The molecule has 0 aliphatic heterocycles. The molecule has 0 bridgehead atoms. The third kappa shape index (κ3) is 7.03. The average molecular weight is 568 g/mol. The Labute approximate surface area is 215 Å². The molecule has 0 aromatic heterocycles. The SMILES string of the molecule is COc1ccccc1OCC(=O)NN=Cc1cc(Br)c(OCc2ccc(Cl)cc2Cl)c(OC)c1. The zero-order chi connectivity index (χ0) is 24.5. The molecule has 1 N–H and O–H groups in total. The van der Waals surface area contributed by atoms with Gasteiger partial charge in [0.2, 0.25) is 0 Å². The van der Waals surface area contributed by atoms with Crippen molar-refractivity contribution in [2.75, 3.05) is 20.8 Å². The standard InChI is InChI=1S/C24H21BrCl2N2O5/c1-31-20-5-3-4-6-21(20)33-14-23(30)29-28-12-15-9-18(25)24(22(10-15)32-2)34-13-16-7-8-17(26)11-19(16)27/h3-12H,13-14H2,1-2H3,(H,29,30). The highest BCUT2D eigenvalue weighted by atomic mass is 79.9. The molecule has 0 unspecified atom stereocenters. The first kappa shape index (κ1) is 25.7. The fraction of sp³-hybridized carbons (Fsp3) is 0.167. The number of rotatable bonds is 10. The molecule has 10 heteroatoms. The van der Waals surface area contributed by atoms with E-state index in [1.807, 2.05) is 6.07 Å². The van der Waals surface area contributed by atoms with Gasteiger partial charge in [0, 0.05) is 15.6 Å². The van der Waals surface area contributed by atoms with Crippen molar-refractivity contribution >= 4 is 51.3 Å². The molecule has 0 fully saturated rings. The summed E-state index contributed by atoms with van der Waals surface area (Å²) in [7, 11) is 3.06. The molecule has 7 nitrogen and oxygen atoms in total. The first-order valence-corrected chi connectivity index (χ1v) is 11.5. The topological polar surface area (TPSA) is 78.4 Å². The molecule has 0 aliphatic rings. The number of benzene rings is 3. The van der Waals surface area contributed by atoms with Crippen LogP contribution in [0.1, 0.15) is 11.1 Å². The number of methoxy groups -OCH3 is 2. The van der Waals surface area contributed by atoms with Crippen LogP contribution in [-0.2, 0) is 11.4 Å². The molecule has 0 atom stereocenters. The second-order valence-corrected chi connectivity index (χ2v) is 8.49. The maximum Gasteiger partial charge on any atom is 0.277 e. The molecule has 0 saturated heterocycles. The van der Waals surface area contributed by atoms with Crippen LogP contribution >= 0.6 is 39.1 Å². The van der Waals surface area contributed by atoms with Crippen molar-refractivity contribution in [3.05, 3.63) is 80.2 Å². The molecule has 0 radical (unpaired) electrons. The predicted octanol–water partition coefficient (Wildman–Crippen LogP) is 5.88. The van der Waals surface area contributed by atoms with Gasteiger partial charge in [-0.25, -0.2) is 5.43 Å². The van der Waals surface area contributed by atoms with E-state index < -0.39 is 5.91 Å². The summed E-state index contributed by atoms with van der Waals surface area (Å²) in [6, 6.07) is 15.8. The van der Waals surface area contributed by atoms with E-state index in [1.165, 1.54) is 20.4 Å². The minimum Gasteiger partial charge on any atom is -0.493 e. The molecule has 3 aromatic carbocycles. The van der Waals surface area contributed by atoms with E-state index in [-0.39, 0.29) is 13.2 Å². The summed E-state index contributed by atoms with van der Waals surface area (Å²) in [5.41, 5.74) is 3.87. The van der Waals surface area contributed by atoms with Crippen LogP contribution in [0.15, 0.2) is 64.2 Å². The van der Waals surface area contributed by atoms with Crippen molar-refractivity contribution in [1.82, 2.24) is 5.43 Å². The van der Waals surface area contributed by atoms with Gasteiger partial charge in [0.1, 0.15) is 6.61 Å². The van der Waals surface area contributed by atoms with Gasteiger partial charge in [-0.05, 0) is 57.9 Å². The van der Waals surface area contributed by atoms with Crippen molar-refractivity contribution in [3.63, 3.8) is 0 Å². The van der Waals surface area contributed by atoms with Crippen LogP contribution in [-0.4, -0.2) is 32.9 Å².